The van der Waals surface area contributed by atoms with Crippen LogP contribution in [0.3, 0.4) is 0 Å². The van der Waals surface area contributed by atoms with Gasteiger partial charge in [-0.05, 0) is 24.7 Å². The Morgan fingerprint density at radius 3 is 1.58 bits per heavy atom. The van der Waals surface area contributed by atoms with Crippen LogP contribution >= 0.6 is 46.4 Å². The minimum atomic E-state index is -1.20. The van der Waals surface area contributed by atoms with E-state index in [0.29, 0.717) is 10.1 Å². The van der Waals surface area contributed by atoms with Crippen LogP contribution in [-0.4, -0.2) is 29.8 Å². The van der Waals surface area contributed by atoms with Crippen molar-refractivity contribution in [3.8, 4) is 0 Å². The van der Waals surface area contributed by atoms with Gasteiger partial charge in [-0.3, -0.25) is 0 Å². The van der Waals surface area contributed by atoms with E-state index in [1.54, 1.807) is 14.2 Å². The zero-order chi connectivity index (χ0) is 14.1. The van der Waals surface area contributed by atoms with E-state index in [-0.39, 0.29) is 11.8 Å². The summed E-state index contributed by atoms with van der Waals surface area (Å²) < 4.78 is 11.4. The fourth-order valence-corrected chi connectivity index (χ4v) is 6.74. The molecule has 19 heavy (non-hydrogen) atoms. The van der Waals surface area contributed by atoms with E-state index in [9.17, 15) is 0 Å². The fraction of sp³-hybridized carbons (Fsp3) is 0.846. The van der Waals surface area contributed by atoms with E-state index in [4.69, 9.17) is 55.9 Å². The molecule has 0 spiro atoms. The third-order valence-electron chi connectivity index (χ3n) is 5.15. The minimum Gasteiger partial charge on any atom is -0.350 e. The summed E-state index contributed by atoms with van der Waals surface area (Å²) in [6.45, 7) is 0. The molecule has 0 heterocycles. The maximum Gasteiger partial charge on any atom is 0.217 e. The van der Waals surface area contributed by atoms with Crippen LogP contribution in [0.4, 0.5) is 0 Å². The van der Waals surface area contributed by atoms with Gasteiger partial charge >= 0.3 is 0 Å². The van der Waals surface area contributed by atoms with Gasteiger partial charge in [0.2, 0.25) is 5.79 Å². The number of hydrogen-bond acceptors (Lipinski definition) is 2. The van der Waals surface area contributed by atoms with Crippen molar-refractivity contribution in [2.45, 2.75) is 41.2 Å². The summed E-state index contributed by atoms with van der Waals surface area (Å²) in [6, 6.07) is 0. The highest BCUT2D eigenvalue weighted by Crippen LogP contribution is 2.75. The number of ether oxygens (including phenoxy) is 2. The topological polar surface area (TPSA) is 18.5 Å². The molecule has 4 atom stereocenters. The van der Waals surface area contributed by atoms with E-state index in [1.165, 1.54) is 0 Å². The molecule has 6 heteroatoms. The zero-order valence-corrected chi connectivity index (χ0v) is 13.8. The van der Waals surface area contributed by atoms with Gasteiger partial charge in [0.1, 0.15) is 9.75 Å². The molecule has 0 amide bonds. The summed E-state index contributed by atoms with van der Waals surface area (Å²) in [7, 11) is 3.10. The molecular formula is C13H16Cl4O2. The Hall–Kier alpha value is 0.820. The number of hydrogen-bond donors (Lipinski definition) is 0. The molecule has 2 nitrogen and oxygen atoms in total. The zero-order valence-electron chi connectivity index (χ0n) is 10.8. The van der Waals surface area contributed by atoms with Crippen LogP contribution in [0.2, 0.25) is 0 Å². The molecule has 0 aromatic rings. The smallest absolute Gasteiger partial charge is 0.217 e. The molecule has 3 aliphatic rings. The van der Waals surface area contributed by atoms with Crippen molar-refractivity contribution in [3.63, 3.8) is 0 Å². The number of rotatable bonds is 2. The first kappa shape index (κ1) is 14.7. The Morgan fingerprint density at radius 2 is 1.26 bits per heavy atom. The van der Waals surface area contributed by atoms with Gasteiger partial charge in [0.05, 0.1) is 10.1 Å². The van der Waals surface area contributed by atoms with Crippen LogP contribution in [0.5, 0.6) is 0 Å². The van der Waals surface area contributed by atoms with E-state index in [0.717, 1.165) is 25.7 Å². The van der Waals surface area contributed by atoms with Gasteiger partial charge in [-0.1, -0.05) is 36.0 Å². The molecule has 0 aromatic carbocycles. The number of alkyl halides is 2. The minimum absolute atomic E-state index is 0.135. The van der Waals surface area contributed by atoms with E-state index in [1.807, 2.05) is 0 Å². The molecule has 2 bridgehead atoms. The van der Waals surface area contributed by atoms with Gasteiger partial charge in [0.25, 0.3) is 0 Å². The molecular weight excluding hydrogens is 330 g/mol. The Bertz CT molecular complexity index is 412. The van der Waals surface area contributed by atoms with Crippen LogP contribution in [0.25, 0.3) is 0 Å². The highest BCUT2D eigenvalue weighted by atomic mass is 35.5. The fourth-order valence-electron chi connectivity index (χ4n) is 4.45. The second-order valence-electron chi connectivity index (χ2n) is 5.57. The third kappa shape index (κ3) is 1.31. The molecule has 0 saturated heterocycles. The number of methoxy groups -OCH3 is 2. The van der Waals surface area contributed by atoms with Crippen molar-refractivity contribution in [2.75, 3.05) is 14.2 Å². The van der Waals surface area contributed by atoms with Crippen molar-refractivity contribution in [1.29, 1.82) is 0 Å². The summed E-state index contributed by atoms with van der Waals surface area (Å²) in [5.74, 6) is -0.928. The standard InChI is InChI=1S/C13H16Cl4O2/c1-18-13(19-2)11(16)7-5-3-4-6-8(7)12(13,17)10(15)9(11)14/h7-8H,3-6H2,1-2H3/t7-,8+,11-,12+. The number of halogens is 4. The molecule has 2 saturated carbocycles. The van der Waals surface area contributed by atoms with Gasteiger partial charge < -0.3 is 9.47 Å². The summed E-state index contributed by atoms with van der Waals surface area (Å²) in [6.07, 6.45) is 4.18. The predicted molar refractivity (Wildman–Crippen MR) is 78.1 cm³/mol. The Morgan fingerprint density at radius 1 is 0.895 bits per heavy atom. The maximum atomic E-state index is 6.92. The summed E-state index contributed by atoms with van der Waals surface area (Å²) >= 11 is 26.7. The van der Waals surface area contributed by atoms with Crippen LogP contribution in [0, 0.1) is 11.8 Å². The van der Waals surface area contributed by atoms with Crippen LogP contribution < -0.4 is 0 Å². The van der Waals surface area contributed by atoms with Gasteiger partial charge in [0, 0.05) is 14.2 Å². The van der Waals surface area contributed by atoms with Crippen LogP contribution in [0.15, 0.2) is 10.1 Å². The molecule has 3 rings (SSSR count). The lowest BCUT2D eigenvalue weighted by Crippen LogP contribution is -2.57. The summed E-state index contributed by atoms with van der Waals surface area (Å²) in [5.41, 5.74) is 0. The van der Waals surface area contributed by atoms with Crippen molar-refractivity contribution in [2.24, 2.45) is 11.8 Å². The lowest BCUT2D eigenvalue weighted by molar-refractivity contribution is -0.220. The van der Waals surface area contributed by atoms with Gasteiger partial charge in [-0.15, -0.1) is 23.2 Å². The molecule has 0 aromatic heterocycles. The third-order valence-corrected chi connectivity index (χ3v) is 7.85. The van der Waals surface area contributed by atoms with E-state index < -0.39 is 15.5 Å². The second-order valence-corrected chi connectivity index (χ2v) is 7.52. The van der Waals surface area contributed by atoms with Gasteiger partial charge in [-0.25, -0.2) is 0 Å². The monoisotopic (exact) mass is 344 g/mol. The number of fused-ring (bicyclic) bond motifs is 5. The molecule has 3 aliphatic carbocycles. The first-order chi connectivity index (χ1) is 8.91. The molecule has 2 fully saturated rings. The Labute approximate surface area is 133 Å². The first-order valence-electron chi connectivity index (χ1n) is 6.46. The largest absolute Gasteiger partial charge is 0.350 e. The highest BCUT2D eigenvalue weighted by molar-refractivity contribution is 6.52. The SMILES string of the molecule is COC1(OC)[C@@]2(Cl)C(Cl)=C(Cl)[C@]1(Cl)[C@@H]1CCCC[C@@H]12. The van der Waals surface area contributed by atoms with Crippen molar-refractivity contribution < 1.29 is 9.47 Å². The quantitative estimate of drug-likeness (QED) is 0.543. The molecule has 0 unspecified atom stereocenters. The van der Waals surface area contributed by atoms with Crippen LogP contribution in [-0.2, 0) is 9.47 Å². The van der Waals surface area contributed by atoms with Crippen molar-refractivity contribution >= 4 is 46.4 Å². The average molecular weight is 346 g/mol. The Balaban J connectivity index is 2.27. The van der Waals surface area contributed by atoms with E-state index in [2.05, 4.69) is 0 Å². The van der Waals surface area contributed by atoms with Crippen molar-refractivity contribution in [1.82, 2.24) is 0 Å². The normalized spacial score (nSPS) is 47.7. The summed E-state index contributed by atoms with van der Waals surface area (Å²) in [5, 5.41) is 0.773. The van der Waals surface area contributed by atoms with Crippen LogP contribution in [0.1, 0.15) is 25.7 Å². The second kappa shape index (κ2) is 4.41. The Kier molecular flexibility index (Phi) is 3.42. The van der Waals surface area contributed by atoms with Gasteiger partial charge in [0.15, 0.2) is 0 Å². The van der Waals surface area contributed by atoms with Crippen molar-refractivity contribution in [3.05, 3.63) is 10.1 Å². The lowest BCUT2D eigenvalue weighted by atomic mass is 9.73. The maximum absolute atomic E-state index is 6.92. The highest BCUT2D eigenvalue weighted by Gasteiger charge is 2.84. The van der Waals surface area contributed by atoms with Gasteiger partial charge in [-0.2, -0.15) is 0 Å². The molecule has 108 valence electrons. The first-order valence-corrected chi connectivity index (χ1v) is 7.97. The van der Waals surface area contributed by atoms with E-state index >= 15 is 0 Å². The summed E-state index contributed by atoms with van der Waals surface area (Å²) in [4.78, 5) is -1.97. The molecule has 0 radical (unpaired) electrons. The average Bonchev–Trinajstić information content (AvgIpc) is 2.69. The molecule has 0 N–H and O–H groups in total. The predicted octanol–water partition coefficient (Wildman–Crippen LogP) is 4.45. The molecule has 0 aliphatic heterocycles. The lowest BCUT2D eigenvalue weighted by Gasteiger charge is -2.41.